The van der Waals surface area contributed by atoms with Gasteiger partial charge in [-0.3, -0.25) is 0 Å². The Kier molecular flexibility index (Phi) is 3.17. The molecule has 1 radical (unpaired) electrons. The molecular formula is C11H8Br2NO. The molecule has 2 aromatic rings. The van der Waals surface area contributed by atoms with Crippen LogP contribution < -0.4 is 4.74 Å². The van der Waals surface area contributed by atoms with Crippen LogP contribution in [0.5, 0.6) is 11.6 Å². The molecule has 2 nitrogen and oxygen atoms in total. The first kappa shape index (κ1) is 10.8. The highest BCUT2D eigenvalue weighted by atomic mass is 79.9. The van der Waals surface area contributed by atoms with Crippen molar-refractivity contribution in [3.63, 3.8) is 0 Å². The van der Waals surface area contributed by atoms with Crippen LogP contribution in [-0.4, -0.2) is 4.57 Å². The zero-order valence-electron chi connectivity index (χ0n) is 8.00. The standard InChI is InChI=1S/C11H8Br2NO/c1-14-4-2-3-11(14)15-10-6-8(12)5-9(13)7-10/h2-3,5-7H,1H3. The van der Waals surface area contributed by atoms with Crippen molar-refractivity contribution in [2.24, 2.45) is 7.05 Å². The molecular weight excluding hydrogens is 322 g/mol. The third-order valence-electron chi connectivity index (χ3n) is 1.88. The van der Waals surface area contributed by atoms with Crippen LogP contribution in [0.4, 0.5) is 0 Å². The molecule has 0 fully saturated rings. The van der Waals surface area contributed by atoms with E-state index in [1.807, 2.05) is 37.4 Å². The Bertz CT molecular complexity index is 459. The zero-order valence-corrected chi connectivity index (χ0v) is 11.2. The third-order valence-corrected chi connectivity index (χ3v) is 2.80. The summed E-state index contributed by atoms with van der Waals surface area (Å²) >= 11 is 6.82. The van der Waals surface area contributed by atoms with E-state index in [4.69, 9.17) is 4.74 Å². The predicted octanol–water partition coefficient (Wildman–Crippen LogP) is 4.14. The molecule has 0 bridgehead atoms. The van der Waals surface area contributed by atoms with Crippen LogP contribution in [-0.2, 0) is 7.05 Å². The smallest absolute Gasteiger partial charge is 0.200 e. The van der Waals surface area contributed by atoms with Crippen molar-refractivity contribution in [1.82, 2.24) is 4.57 Å². The van der Waals surface area contributed by atoms with Gasteiger partial charge in [0.05, 0.1) is 6.20 Å². The fourth-order valence-electron chi connectivity index (χ4n) is 1.21. The molecule has 0 N–H and O–H groups in total. The number of nitrogens with zero attached hydrogens (tertiary/aromatic N) is 1. The van der Waals surface area contributed by atoms with Gasteiger partial charge in [0.25, 0.3) is 0 Å². The zero-order chi connectivity index (χ0) is 10.8. The van der Waals surface area contributed by atoms with Gasteiger partial charge >= 0.3 is 0 Å². The maximum Gasteiger partial charge on any atom is 0.200 e. The Labute approximate surface area is 105 Å². The van der Waals surface area contributed by atoms with Crippen LogP contribution in [0.25, 0.3) is 0 Å². The SMILES string of the molecule is Cn1[c]ccc1Oc1cc(Br)cc(Br)c1. The molecule has 0 aliphatic rings. The summed E-state index contributed by atoms with van der Waals surface area (Å²) in [6.07, 6.45) is 2.99. The van der Waals surface area contributed by atoms with Gasteiger partial charge in [-0.15, -0.1) is 0 Å². The Morgan fingerprint density at radius 3 is 2.40 bits per heavy atom. The Morgan fingerprint density at radius 2 is 1.87 bits per heavy atom. The summed E-state index contributed by atoms with van der Waals surface area (Å²) in [5, 5.41) is 0. The van der Waals surface area contributed by atoms with Gasteiger partial charge in [0.2, 0.25) is 0 Å². The second-order valence-corrected chi connectivity index (χ2v) is 4.90. The molecule has 0 aliphatic heterocycles. The summed E-state index contributed by atoms with van der Waals surface area (Å²) in [6.45, 7) is 0. The van der Waals surface area contributed by atoms with Crippen LogP contribution >= 0.6 is 31.9 Å². The van der Waals surface area contributed by atoms with Gasteiger partial charge in [0, 0.05) is 22.1 Å². The van der Waals surface area contributed by atoms with Crippen molar-refractivity contribution < 1.29 is 4.74 Å². The summed E-state index contributed by atoms with van der Waals surface area (Å²) in [4.78, 5) is 0. The van der Waals surface area contributed by atoms with Crippen molar-refractivity contribution in [2.75, 3.05) is 0 Å². The predicted molar refractivity (Wildman–Crippen MR) is 66.2 cm³/mol. The van der Waals surface area contributed by atoms with Crippen molar-refractivity contribution in [2.45, 2.75) is 0 Å². The van der Waals surface area contributed by atoms with Gasteiger partial charge in [-0.1, -0.05) is 31.9 Å². The highest BCUT2D eigenvalue weighted by Gasteiger charge is 2.02. The van der Waals surface area contributed by atoms with E-state index < -0.39 is 0 Å². The Balaban J connectivity index is 2.28. The lowest BCUT2D eigenvalue weighted by Crippen LogP contribution is -1.91. The summed E-state index contributed by atoms with van der Waals surface area (Å²) in [5.74, 6) is 1.55. The molecule has 0 aliphatic carbocycles. The fraction of sp³-hybridized carbons (Fsp3) is 0.0909. The average molecular weight is 330 g/mol. The van der Waals surface area contributed by atoms with Gasteiger partial charge in [-0.05, 0) is 24.3 Å². The molecule has 4 heteroatoms. The molecule has 0 unspecified atom stereocenters. The summed E-state index contributed by atoms with van der Waals surface area (Å²) in [7, 11) is 1.89. The van der Waals surface area contributed by atoms with E-state index in [-0.39, 0.29) is 0 Å². The molecule has 2 rings (SSSR count). The van der Waals surface area contributed by atoms with Crippen LogP contribution in [0.15, 0.2) is 39.3 Å². The average Bonchev–Trinajstić information content (AvgIpc) is 2.50. The van der Waals surface area contributed by atoms with Crippen LogP contribution in [0.2, 0.25) is 0 Å². The molecule has 15 heavy (non-hydrogen) atoms. The van der Waals surface area contributed by atoms with E-state index in [2.05, 4.69) is 38.1 Å². The number of ether oxygens (including phenoxy) is 1. The first-order valence-corrected chi connectivity index (χ1v) is 5.91. The third kappa shape index (κ3) is 2.63. The summed E-state index contributed by atoms with van der Waals surface area (Å²) in [5.41, 5.74) is 0. The number of hydrogen-bond acceptors (Lipinski definition) is 1. The summed E-state index contributed by atoms with van der Waals surface area (Å²) in [6, 6.07) is 9.48. The fourth-order valence-corrected chi connectivity index (χ4v) is 2.46. The molecule has 1 aromatic carbocycles. The van der Waals surface area contributed by atoms with Crippen molar-refractivity contribution >= 4 is 31.9 Å². The van der Waals surface area contributed by atoms with Crippen molar-refractivity contribution in [3.05, 3.63) is 45.5 Å². The first-order valence-electron chi connectivity index (χ1n) is 4.32. The van der Waals surface area contributed by atoms with E-state index in [1.54, 1.807) is 4.57 Å². The minimum atomic E-state index is 0.764. The van der Waals surface area contributed by atoms with Crippen molar-refractivity contribution in [3.8, 4) is 11.6 Å². The topological polar surface area (TPSA) is 14.2 Å². The number of halogens is 2. The number of aryl methyl sites for hydroxylation is 1. The minimum absolute atomic E-state index is 0.764. The van der Waals surface area contributed by atoms with Gasteiger partial charge in [-0.2, -0.15) is 0 Å². The van der Waals surface area contributed by atoms with E-state index in [0.717, 1.165) is 20.6 Å². The molecule has 0 saturated carbocycles. The first-order chi connectivity index (χ1) is 7.15. The van der Waals surface area contributed by atoms with E-state index >= 15 is 0 Å². The number of rotatable bonds is 2. The molecule has 0 amide bonds. The normalized spacial score (nSPS) is 10.3. The minimum Gasteiger partial charge on any atom is -0.441 e. The second-order valence-electron chi connectivity index (χ2n) is 3.07. The number of aromatic nitrogens is 1. The highest BCUT2D eigenvalue weighted by Crippen LogP contribution is 2.28. The van der Waals surface area contributed by atoms with Gasteiger partial charge in [0.15, 0.2) is 5.88 Å². The van der Waals surface area contributed by atoms with Crippen LogP contribution in [0.1, 0.15) is 0 Å². The second kappa shape index (κ2) is 4.41. The van der Waals surface area contributed by atoms with Crippen LogP contribution in [0, 0.1) is 6.20 Å². The summed E-state index contributed by atoms with van der Waals surface area (Å²) < 4.78 is 9.44. The highest BCUT2D eigenvalue weighted by molar-refractivity contribution is 9.11. The number of benzene rings is 1. The van der Waals surface area contributed by atoms with Gasteiger partial charge in [0.1, 0.15) is 5.75 Å². The quantitative estimate of drug-likeness (QED) is 0.807. The van der Waals surface area contributed by atoms with E-state index in [1.165, 1.54) is 0 Å². The number of hydrogen-bond donors (Lipinski definition) is 0. The monoisotopic (exact) mass is 328 g/mol. The molecule has 77 valence electrons. The van der Waals surface area contributed by atoms with Gasteiger partial charge < -0.3 is 9.30 Å². The Hall–Kier alpha value is -0.740. The van der Waals surface area contributed by atoms with E-state index in [9.17, 15) is 0 Å². The molecule has 1 aromatic heterocycles. The van der Waals surface area contributed by atoms with Crippen LogP contribution in [0.3, 0.4) is 0 Å². The molecule has 1 heterocycles. The Morgan fingerprint density at radius 1 is 1.20 bits per heavy atom. The molecule has 0 saturated heterocycles. The molecule has 0 spiro atoms. The van der Waals surface area contributed by atoms with Gasteiger partial charge in [-0.25, -0.2) is 0 Å². The lowest BCUT2D eigenvalue weighted by Gasteiger charge is -2.07. The maximum absolute atomic E-state index is 5.68. The maximum atomic E-state index is 5.68. The molecule has 0 atom stereocenters. The van der Waals surface area contributed by atoms with Crippen molar-refractivity contribution in [1.29, 1.82) is 0 Å². The lowest BCUT2D eigenvalue weighted by molar-refractivity contribution is 0.442. The lowest BCUT2D eigenvalue weighted by atomic mass is 10.3. The largest absolute Gasteiger partial charge is 0.441 e. The van der Waals surface area contributed by atoms with E-state index in [0.29, 0.717) is 0 Å².